The number of halogens is 5. The number of nitrogen functional groups attached to an aromatic ring is 1. The number of hydrogen-bond donors (Lipinski definition) is 1. The molecule has 0 saturated heterocycles. The van der Waals surface area contributed by atoms with Crippen LogP contribution in [0.1, 0.15) is 11.1 Å². The fourth-order valence-corrected chi connectivity index (χ4v) is 2.32. The van der Waals surface area contributed by atoms with Gasteiger partial charge in [-0.05, 0) is 42.8 Å². The molecule has 9 heteroatoms. The van der Waals surface area contributed by atoms with Crippen molar-refractivity contribution in [3.63, 3.8) is 0 Å². The Morgan fingerprint density at radius 1 is 0.962 bits per heavy atom. The fraction of sp³-hybridized carbons (Fsp3) is 0.176. The highest BCUT2D eigenvalue weighted by Crippen LogP contribution is 2.43. The van der Waals surface area contributed by atoms with E-state index in [1.807, 2.05) is 6.92 Å². The first-order valence-corrected chi connectivity index (χ1v) is 7.43. The van der Waals surface area contributed by atoms with Crippen LogP contribution in [0.3, 0.4) is 0 Å². The second-order valence-electron chi connectivity index (χ2n) is 5.70. The number of anilines is 1. The van der Waals surface area contributed by atoms with E-state index < -0.39 is 17.7 Å². The Morgan fingerprint density at radius 2 is 1.62 bits per heavy atom. The van der Waals surface area contributed by atoms with Gasteiger partial charge in [0.15, 0.2) is 5.82 Å². The zero-order valence-electron chi connectivity index (χ0n) is 13.4. The molecule has 136 valence electrons. The lowest BCUT2D eigenvalue weighted by molar-refractivity contribution is -0.289. The SMILES string of the molecule is Cc1cc(-c2ncn(-c3ccc(C(F)(F)C(F)(F)F)cc3)n2)ccc1N. The Bertz CT molecular complexity index is 929. The van der Waals surface area contributed by atoms with Gasteiger partial charge in [0.05, 0.1) is 5.69 Å². The molecular formula is C17H13F5N4. The lowest BCUT2D eigenvalue weighted by Crippen LogP contribution is -2.33. The van der Waals surface area contributed by atoms with Gasteiger partial charge in [-0.25, -0.2) is 9.67 Å². The van der Waals surface area contributed by atoms with Crippen LogP contribution in [0.2, 0.25) is 0 Å². The summed E-state index contributed by atoms with van der Waals surface area (Å²) in [6.07, 6.45) is -4.31. The largest absolute Gasteiger partial charge is 0.458 e. The fourth-order valence-electron chi connectivity index (χ4n) is 2.32. The van der Waals surface area contributed by atoms with Crippen LogP contribution in [0.15, 0.2) is 48.8 Å². The van der Waals surface area contributed by atoms with Crippen LogP contribution in [0.25, 0.3) is 17.1 Å². The molecule has 0 aliphatic heterocycles. The summed E-state index contributed by atoms with van der Waals surface area (Å²) < 4.78 is 65.2. The molecule has 0 aliphatic carbocycles. The van der Waals surface area contributed by atoms with Crippen molar-refractivity contribution in [2.24, 2.45) is 0 Å². The highest BCUT2D eigenvalue weighted by Gasteiger charge is 2.58. The molecule has 26 heavy (non-hydrogen) atoms. The molecular weight excluding hydrogens is 355 g/mol. The van der Waals surface area contributed by atoms with E-state index >= 15 is 0 Å². The minimum atomic E-state index is -5.65. The van der Waals surface area contributed by atoms with Gasteiger partial charge in [0.1, 0.15) is 6.33 Å². The lowest BCUT2D eigenvalue weighted by Gasteiger charge is -2.19. The maximum absolute atomic E-state index is 13.3. The minimum Gasteiger partial charge on any atom is -0.399 e. The summed E-state index contributed by atoms with van der Waals surface area (Å²) in [5.74, 6) is -4.54. The summed E-state index contributed by atoms with van der Waals surface area (Å²) in [6, 6.07) is 8.93. The third kappa shape index (κ3) is 3.12. The van der Waals surface area contributed by atoms with Crippen molar-refractivity contribution in [1.29, 1.82) is 0 Å². The summed E-state index contributed by atoms with van der Waals surface area (Å²) >= 11 is 0. The molecule has 3 aromatic rings. The zero-order chi connectivity index (χ0) is 19.1. The lowest BCUT2D eigenvalue weighted by atomic mass is 10.1. The number of nitrogens with zero attached hydrogens (tertiary/aromatic N) is 3. The Morgan fingerprint density at radius 3 is 2.19 bits per heavy atom. The van der Waals surface area contributed by atoms with Crippen molar-refractivity contribution in [1.82, 2.24) is 14.8 Å². The topological polar surface area (TPSA) is 56.7 Å². The van der Waals surface area contributed by atoms with Gasteiger partial charge in [0.2, 0.25) is 0 Å². The number of alkyl halides is 5. The predicted molar refractivity (Wildman–Crippen MR) is 85.9 cm³/mol. The van der Waals surface area contributed by atoms with Gasteiger partial charge in [-0.1, -0.05) is 12.1 Å². The molecule has 0 bridgehead atoms. The van der Waals surface area contributed by atoms with E-state index in [2.05, 4.69) is 10.1 Å². The maximum atomic E-state index is 13.3. The van der Waals surface area contributed by atoms with Crippen molar-refractivity contribution in [2.75, 3.05) is 5.73 Å². The van der Waals surface area contributed by atoms with E-state index in [1.54, 1.807) is 18.2 Å². The number of aryl methyl sites for hydroxylation is 1. The van der Waals surface area contributed by atoms with Crippen molar-refractivity contribution in [3.8, 4) is 17.1 Å². The molecule has 4 nitrogen and oxygen atoms in total. The summed E-state index contributed by atoms with van der Waals surface area (Å²) in [5, 5.41) is 4.22. The Hall–Kier alpha value is -2.97. The van der Waals surface area contributed by atoms with Gasteiger partial charge < -0.3 is 5.73 Å². The predicted octanol–water partition coefficient (Wildman–Crippen LogP) is 4.48. The molecule has 0 aliphatic rings. The van der Waals surface area contributed by atoms with E-state index in [1.165, 1.54) is 11.0 Å². The minimum absolute atomic E-state index is 0.303. The molecule has 3 rings (SSSR count). The molecule has 0 unspecified atom stereocenters. The summed E-state index contributed by atoms with van der Waals surface area (Å²) in [7, 11) is 0. The monoisotopic (exact) mass is 368 g/mol. The van der Waals surface area contributed by atoms with Crippen LogP contribution in [-0.2, 0) is 5.92 Å². The molecule has 0 amide bonds. The van der Waals surface area contributed by atoms with Crippen molar-refractivity contribution < 1.29 is 22.0 Å². The van der Waals surface area contributed by atoms with E-state index in [-0.39, 0.29) is 0 Å². The number of rotatable bonds is 3. The van der Waals surface area contributed by atoms with Gasteiger partial charge in [0, 0.05) is 16.8 Å². The van der Waals surface area contributed by atoms with Crippen LogP contribution < -0.4 is 5.73 Å². The first-order chi connectivity index (χ1) is 12.1. The molecule has 0 radical (unpaired) electrons. The van der Waals surface area contributed by atoms with E-state index in [0.717, 1.165) is 29.8 Å². The summed E-state index contributed by atoms with van der Waals surface area (Å²) in [6.45, 7) is 1.83. The Balaban J connectivity index is 1.89. The quantitative estimate of drug-likeness (QED) is 0.548. The third-order valence-corrected chi connectivity index (χ3v) is 3.87. The van der Waals surface area contributed by atoms with Crippen molar-refractivity contribution in [2.45, 2.75) is 19.0 Å². The van der Waals surface area contributed by atoms with Gasteiger partial charge in [0.25, 0.3) is 0 Å². The molecule has 0 fully saturated rings. The average molecular weight is 368 g/mol. The molecule has 2 N–H and O–H groups in total. The third-order valence-electron chi connectivity index (χ3n) is 3.87. The number of benzene rings is 2. The molecule has 2 aromatic carbocycles. The average Bonchev–Trinajstić information content (AvgIpc) is 3.06. The number of hydrogen-bond acceptors (Lipinski definition) is 3. The first-order valence-electron chi connectivity index (χ1n) is 7.43. The normalized spacial score (nSPS) is 12.4. The highest BCUT2D eigenvalue weighted by molar-refractivity contribution is 5.61. The van der Waals surface area contributed by atoms with Crippen LogP contribution in [0.4, 0.5) is 27.6 Å². The van der Waals surface area contributed by atoms with Crippen LogP contribution in [-0.4, -0.2) is 20.9 Å². The summed E-state index contributed by atoms with van der Waals surface area (Å²) in [5.41, 5.74) is 7.09. The summed E-state index contributed by atoms with van der Waals surface area (Å²) in [4.78, 5) is 4.13. The number of nitrogens with two attached hydrogens (primary N) is 1. The molecule has 1 aromatic heterocycles. The second kappa shape index (κ2) is 6.08. The number of aromatic nitrogens is 3. The van der Waals surface area contributed by atoms with Gasteiger partial charge in [-0.15, -0.1) is 5.10 Å². The Labute approximate surface area is 145 Å². The van der Waals surface area contributed by atoms with Crippen LogP contribution >= 0.6 is 0 Å². The van der Waals surface area contributed by atoms with Crippen molar-refractivity contribution >= 4 is 5.69 Å². The van der Waals surface area contributed by atoms with Crippen molar-refractivity contribution in [3.05, 3.63) is 59.9 Å². The van der Waals surface area contributed by atoms with Gasteiger partial charge in [-0.2, -0.15) is 22.0 Å². The smallest absolute Gasteiger partial charge is 0.399 e. The molecule has 1 heterocycles. The maximum Gasteiger partial charge on any atom is 0.458 e. The van der Waals surface area contributed by atoms with E-state index in [9.17, 15) is 22.0 Å². The Kier molecular flexibility index (Phi) is 4.17. The van der Waals surface area contributed by atoms with E-state index in [4.69, 9.17) is 5.73 Å². The standard InChI is InChI=1S/C17H13F5N4/c1-10-8-11(2-7-14(10)23)15-24-9-26(25-15)13-5-3-12(4-6-13)16(18,19)17(20,21)22/h2-9H,23H2,1H3. The molecule has 0 saturated carbocycles. The second-order valence-corrected chi connectivity index (χ2v) is 5.70. The van der Waals surface area contributed by atoms with Gasteiger partial charge >= 0.3 is 12.1 Å². The van der Waals surface area contributed by atoms with E-state index in [0.29, 0.717) is 22.8 Å². The zero-order valence-corrected chi connectivity index (χ0v) is 13.4. The van der Waals surface area contributed by atoms with Gasteiger partial charge in [-0.3, -0.25) is 0 Å². The first kappa shape index (κ1) is 17.8. The molecule has 0 atom stereocenters. The highest BCUT2D eigenvalue weighted by atomic mass is 19.4. The molecule has 0 spiro atoms. The van der Waals surface area contributed by atoms with Crippen LogP contribution in [0.5, 0.6) is 0 Å². The van der Waals surface area contributed by atoms with Crippen LogP contribution in [0, 0.1) is 6.92 Å².